The van der Waals surface area contributed by atoms with Crippen LogP contribution in [0.4, 0.5) is 0 Å². The minimum atomic E-state index is 0.466. The van der Waals surface area contributed by atoms with E-state index in [1.165, 1.54) is 0 Å². The Hall–Kier alpha value is -1.66. The van der Waals surface area contributed by atoms with Crippen molar-refractivity contribution >= 4 is 0 Å². The highest BCUT2D eigenvalue weighted by atomic mass is 14.8. The van der Waals surface area contributed by atoms with Gasteiger partial charge in [-0.05, 0) is 30.7 Å². The Labute approximate surface area is 84.1 Å². The van der Waals surface area contributed by atoms with E-state index in [0.717, 1.165) is 25.1 Å². The molecule has 0 saturated heterocycles. The lowest BCUT2D eigenvalue weighted by Crippen LogP contribution is -2.14. The lowest BCUT2D eigenvalue weighted by Gasteiger charge is -2.02. The van der Waals surface area contributed by atoms with Crippen molar-refractivity contribution in [3.63, 3.8) is 0 Å². The fourth-order valence-electron chi connectivity index (χ4n) is 1.08. The lowest BCUT2D eigenvalue weighted by molar-refractivity contribution is 0.695. The van der Waals surface area contributed by atoms with Crippen LogP contribution in [0.2, 0.25) is 0 Å². The van der Waals surface area contributed by atoms with Crippen molar-refractivity contribution in [3.05, 3.63) is 42.2 Å². The standard InChI is InChI=1S/C11H13N3/c1-2-3-5-13-9-10-4-6-14-11(7-10)8-12/h2,4,6-7,13H,1,3,5,9H2. The molecule has 1 rings (SSSR count). The molecule has 0 radical (unpaired) electrons. The summed E-state index contributed by atoms with van der Waals surface area (Å²) in [5.41, 5.74) is 1.55. The van der Waals surface area contributed by atoms with Crippen molar-refractivity contribution in [1.29, 1.82) is 5.26 Å². The Bertz CT molecular complexity index is 339. The first-order chi connectivity index (χ1) is 6.86. The smallest absolute Gasteiger partial charge is 0.140 e. The number of nitrogens with zero attached hydrogens (tertiary/aromatic N) is 2. The molecule has 0 atom stereocenters. The van der Waals surface area contributed by atoms with Gasteiger partial charge in [0.25, 0.3) is 0 Å². The molecule has 0 spiro atoms. The van der Waals surface area contributed by atoms with Gasteiger partial charge in [0.2, 0.25) is 0 Å². The SMILES string of the molecule is C=CCCNCc1ccnc(C#N)c1. The molecule has 0 amide bonds. The molecule has 0 aliphatic carbocycles. The molecule has 0 saturated carbocycles. The van der Waals surface area contributed by atoms with Gasteiger partial charge in [-0.1, -0.05) is 6.08 Å². The number of rotatable bonds is 5. The van der Waals surface area contributed by atoms with Crippen LogP contribution in [0.15, 0.2) is 31.0 Å². The Morgan fingerprint density at radius 2 is 2.50 bits per heavy atom. The largest absolute Gasteiger partial charge is 0.312 e. The van der Waals surface area contributed by atoms with Gasteiger partial charge < -0.3 is 5.32 Å². The average molecular weight is 187 g/mol. The molecule has 1 aromatic rings. The molecule has 3 nitrogen and oxygen atoms in total. The summed E-state index contributed by atoms with van der Waals surface area (Å²) in [7, 11) is 0. The zero-order valence-electron chi connectivity index (χ0n) is 8.03. The van der Waals surface area contributed by atoms with Crippen LogP contribution in [0, 0.1) is 11.3 Å². The summed E-state index contributed by atoms with van der Waals surface area (Å²) in [6.07, 6.45) is 4.49. The highest BCUT2D eigenvalue weighted by Crippen LogP contribution is 1.99. The van der Waals surface area contributed by atoms with Crippen molar-refractivity contribution in [1.82, 2.24) is 10.3 Å². The molecule has 0 fully saturated rings. The minimum Gasteiger partial charge on any atom is -0.312 e. The second kappa shape index (κ2) is 5.90. The number of aromatic nitrogens is 1. The molecule has 0 bridgehead atoms. The second-order valence-corrected chi connectivity index (χ2v) is 2.92. The van der Waals surface area contributed by atoms with Crippen molar-refractivity contribution < 1.29 is 0 Å². The Morgan fingerprint density at radius 1 is 1.64 bits per heavy atom. The maximum Gasteiger partial charge on any atom is 0.140 e. The number of hydrogen-bond acceptors (Lipinski definition) is 3. The third-order valence-electron chi connectivity index (χ3n) is 1.79. The monoisotopic (exact) mass is 187 g/mol. The molecule has 0 aliphatic rings. The average Bonchev–Trinajstić information content (AvgIpc) is 2.25. The van der Waals surface area contributed by atoms with Crippen LogP contribution in [0.1, 0.15) is 17.7 Å². The maximum absolute atomic E-state index is 8.63. The summed E-state index contributed by atoms with van der Waals surface area (Å²) in [5, 5.41) is 11.9. The van der Waals surface area contributed by atoms with E-state index in [0.29, 0.717) is 5.69 Å². The van der Waals surface area contributed by atoms with Gasteiger partial charge in [-0.25, -0.2) is 4.98 Å². The fourth-order valence-corrected chi connectivity index (χ4v) is 1.08. The number of nitrogens with one attached hydrogen (secondary N) is 1. The van der Waals surface area contributed by atoms with E-state index in [1.54, 1.807) is 12.3 Å². The van der Waals surface area contributed by atoms with Gasteiger partial charge in [0.15, 0.2) is 0 Å². The normalized spacial score (nSPS) is 9.36. The lowest BCUT2D eigenvalue weighted by atomic mass is 10.2. The summed E-state index contributed by atoms with van der Waals surface area (Å²) in [5.74, 6) is 0. The van der Waals surface area contributed by atoms with Crippen molar-refractivity contribution in [2.75, 3.05) is 6.54 Å². The minimum absolute atomic E-state index is 0.466. The van der Waals surface area contributed by atoms with Crippen molar-refractivity contribution in [2.24, 2.45) is 0 Å². The Morgan fingerprint density at radius 3 is 3.21 bits per heavy atom. The predicted octanol–water partition coefficient (Wildman–Crippen LogP) is 1.62. The first-order valence-corrected chi connectivity index (χ1v) is 4.53. The molecular weight excluding hydrogens is 174 g/mol. The van der Waals surface area contributed by atoms with Crippen LogP contribution in [0.5, 0.6) is 0 Å². The van der Waals surface area contributed by atoms with E-state index in [2.05, 4.69) is 16.9 Å². The fraction of sp³-hybridized carbons (Fsp3) is 0.273. The van der Waals surface area contributed by atoms with Crippen LogP contribution in [0.25, 0.3) is 0 Å². The molecular formula is C11H13N3. The summed E-state index contributed by atoms with van der Waals surface area (Å²) in [6, 6.07) is 5.71. The zero-order valence-corrected chi connectivity index (χ0v) is 8.03. The topological polar surface area (TPSA) is 48.7 Å². The molecule has 0 unspecified atom stereocenters. The third-order valence-corrected chi connectivity index (χ3v) is 1.79. The van der Waals surface area contributed by atoms with Crippen molar-refractivity contribution in [3.8, 4) is 6.07 Å². The van der Waals surface area contributed by atoms with E-state index < -0.39 is 0 Å². The summed E-state index contributed by atoms with van der Waals surface area (Å²) < 4.78 is 0. The second-order valence-electron chi connectivity index (χ2n) is 2.92. The van der Waals surface area contributed by atoms with Crippen LogP contribution in [-0.2, 0) is 6.54 Å². The van der Waals surface area contributed by atoms with E-state index in [1.807, 2.05) is 18.2 Å². The van der Waals surface area contributed by atoms with Gasteiger partial charge in [-0.15, -0.1) is 6.58 Å². The zero-order chi connectivity index (χ0) is 10.2. The highest BCUT2D eigenvalue weighted by molar-refractivity contribution is 5.25. The van der Waals surface area contributed by atoms with Gasteiger partial charge >= 0.3 is 0 Å². The quantitative estimate of drug-likeness (QED) is 0.563. The number of hydrogen-bond donors (Lipinski definition) is 1. The molecule has 0 aliphatic heterocycles. The highest BCUT2D eigenvalue weighted by Gasteiger charge is 1.94. The molecule has 1 heterocycles. The number of nitriles is 1. The first-order valence-electron chi connectivity index (χ1n) is 4.53. The molecule has 14 heavy (non-hydrogen) atoms. The summed E-state index contributed by atoms with van der Waals surface area (Å²) in [6.45, 7) is 5.32. The van der Waals surface area contributed by atoms with Crippen molar-refractivity contribution in [2.45, 2.75) is 13.0 Å². The van der Waals surface area contributed by atoms with Crippen LogP contribution < -0.4 is 5.32 Å². The van der Waals surface area contributed by atoms with Gasteiger partial charge in [-0.3, -0.25) is 0 Å². The Balaban J connectivity index is 2.43. The first kappa shape index (κ1) is 10.4. The molecule has 3 heteroatoms. The van der Waals surface area contributed by atoms with E-state index in [-0.39, 0.29) is 0 Å². The molecule has 1 N–H and O–H groups in total. The van der Waals surface area contributed by atoms with Crippen LogP contribution >= 0.6 is 0 Å². The molecule has 1 aromatic heterocycles. The van der Waals surface area contributed by atoms with E-state index >= 15 is 0 Å². The van der Waals surface area contributed by atoms with E-state index in [9.17, 15) is 0 Å². The van der Waals surface area contributed by atoms with Gasteiger partial charge in [0.05, 0.1) is 0 Å². The Kier molecular flexibility index (Phi) is 4.39. The van der Waals surface area contributed by atoms with Gasteiger partial charge in [0.1, 0.15) is 11.8 Å². The van der Waals surface area contributed by atoms with Gasteiger partial charge in [0, 0.05) is 12.7 Å². The maximum atomic E-state index is 8.63. The van der Waals surface area contributed by atoms with Gasteiger partial charge in [-0.2, -0.15) is 5.26 Å². The third kappa shape index (κ3) is 3.38. The predicted molar refractivity (Wildman–Crippen MR) is 55.5 cm³/mol. The van der Waals surface area contributed by atoms with Crippen LogP contribution in [0.3, 0.4) is 0 Å². The molecule has 72 valence electrons. The summed E-state index contributed by atoms with van der Waals surface area (Å²) in [4.78, 5) is 3.90. The molecule has 0 aromatic carbocycles. The summed E-state index contributed by atoms with van der Waals surface area (Å²) >= 11 is 0. The van der Waals surface area contributed by atoms with E-state index in [4.69, 9.17) is 5.26 Å². The number of pyridine rings is 1. The van der Waals surface area contributed by atoms with Crippen LogP contribution in [-0.4, -0.2) is 11.5 Å².